The van der Waals surface area contributed by atoms with Crippen LogP contribution < -0.4 is 33.2 Å². The number of rotatable bonds is 18. The SMILES string of the molecule is CCC(C)C(NC(=O)C(N)CO)C(=O)NC(CCCCN)C(=O)NC(CCCCN)C(=O)O. The summed E-state index contributed by atoms with van der Waals surface area (Å²) in [5.74, 6) is -3.36. The molecule has 5 unspecified atom stereocenters. The van der Waals surface area contributed by atoms with Crippen molar-refractivity contribution in [1.82, 2.24) is 16.0 Å². The first-order chi connectivity index (χ1) is 15.6. The van der Waals surface area contributed by atoms with Gasteiger partial charge >= 0.3 is 5.97 Å². The Labute approximate surface area is 195 Å². The average molecular weight is 475 g/mol. The fourth-order valence-corrected chi connectivity index (χ4v) is 3.09. The van der Waals surface area contributed by atoms with Crippen LogP contribution in [0.4, 0.5) is 0 Å². The molecule has 0 saturated heterocycles. The second kappa shape index (κ2) is 17.2. The van der Waals surface area contributed by atoms with Crippen molar-refractivity contribution in [2.24, 2.45) is 23.1 Å². The fraction of sp³-hybridized carbons (Fsp3) is 0.810. The lowest BCUT2D eigenvalue weighted by Gasteiger charge is -2.28. The Kier molecular flexibility index (Phi) is 16.0. The minimum atomic E-state index is -1.18. The molecule has 0 aromatic carbocycles. The molecular formula is C21H42N6O6. The molecule has 0 aromatic rings. The molecule has 0 radical (unpaired) electrons. The van der Waals surface area contributed by atoms with Gasteiger partial charge < -0.3 is 43.4 Å². The number of carbonyl (C=O) groups is 4. The summed E-state index contributed by atoms with van der Waals surface area (Å²) in [5, 5.41) is 26.2. The van der Waals surface area contributed by atoms with Gasteiger partial charge in [0.2, 0.25) is 17.7 Å². The molecular weight excluding hydrogens is 432 g/mol. The first-order valence-corrected chi connectivity index (χ1v) is 11.5. The highest BCUT2D eigenvalue weighted by Crippen LogP contribution is 2.11. The maximum absolute atomic E-state index is 13.0. The van der Waals surface area contributed by atoms with Crippen molar-refractivity contribution in [3.05, 3.63) is 0 Å². The number of amides is 3. The summed E-state index contributed by atoms with van der Waals surface area (Å²) in [4.78, 5) is 49.6. The van der Waals surface area contributed by atoms with Gasteiger partial charge in [-0.1, -0.05) is 20.3 Å². The molecule has 0 saturated carbocycles. The molecule has 0 bridgehead atoms. The molecule has 12 nitrogen and oxygen atoms in total. The van der Waals surface area contributed by atoms with Gasteiger partial charge in [0, 0.05) is 0 Å². The van der Waals surface area contributed by atoms with Gasteiger partial charge in [0.1, 0.15) is 24.2 Å². The van der Waals surface area contributed by atoms with E-state index in [0.29, 0.717) is 45.2 Å². The van der Waals surface area contributed by atoms with Crippen LogP contribution >= 0.6 is 0 Å². The highest BCUT2D eigenvalue weighted by Gasteiger charge is 2.32. The quantitative estimate of drug-likeness (QED) is 0.104. The van der Waals surface area contributed by atoms with E-state index in [1.807, 2.05) is 6.92 Å². The van der Waals surface area contributed by atoms with Crippen LogP contribution in [0.3, 0.4) is 0 Å². The zero-order chi connectivity index (χ0) is 25.4. The summed E-state index contributed by atoms with van der Waals surface area (Å²) in [7, 11) is 0. The predicted octanol–water partition coefficient (Wildman–Crippen LogP) is -1.85. The highest BCUT2D eigenvalue weighted by atomic mass is 16.4. The van der Waals surface area contributed by atoms with E-state index in [0.717, 1.165) is 0 Å². The van der Waals surface area contributed by atoms with Gasteiger partial charge in [-0.05, 0) is 57.5 Å². The molecule has 0 aliphatic heterocycles. The summed E-state index contributed by atoms with van der Waals surface area (Å²) < 4.78 is 0. The van der Waals surface area contributed by atoms with Crippen LogP contribution in [-0.4, -0.2) is 77.8 Å². The fourth-order valence-electron chi connectivity index (χ4n) is 3.09. The molecule has 0 heterocycles. The van der Waals surface area contributed by atoms with E-state index in [1.54, 1.807) is 6.92 Å². The van der Waals surface area contributed by atoms with Crippen LogP contribution in [-0.2, 0) is 19.2 Å². The number of carboxylic acid groups (broad SMARTS) is 1. The van der Waals surface area contributed by atoms with E-state index in [2.05, 4.69) is 16.0 Å². The standard InChI is InChI=1S/C21H42N6O6/c1-3-13(2)17(27-18(29)14(24)12-28)20(31)25-15(8-4-6-10-22)19(30)26-16(21(32)33)9-5-7-11-23/h13-17,28H,3-12,22-24H2,1-2H3,(H,25,31)(H,26,30)(H,27,29)(H,32,33). The third-order valence-electron chi connectivity index (χ3n) is 5.47. The monoisotopic (exact) mass is 474 g/mol. The van der Waals surface area contributed by atoms with Crippen LogP contribution in [0.25, 0.3) is 0 Å². The van der Waals surface area contributed by atoms with Crippen molar-refractivity contribution in [2.45, 2.75) is 83.0 Å². The Hall–Kier alpha value is -2.28. The van der Waals surface area contributed by atoms with Crippen LogP contribution in [0.2, 0.25) is 0 Å². The molecule has 0 aliphatic rings. The van der Waals surface area contributed by atoms with Gasteiger partial charge in [-0.15, -0.1) is 0 Å². The summed E-state index contributed by atoms with van der Waals surface area (Å²) in [6.45, 7) is 3.85. The van der Waals surface area contributed by atoms with Crippen molar-refractivity contribution < 1.29 is 29.4 Å². The highest BCUT2D eigenvalue weighted by molar-refractivity contribution is 5.94. The lowest BCUT2D eigenvalue weighted by atomic mass is 9.97. The number of aliphatic hydroxyl groups excluding tert-OH is 1. The molecule has 0 spiro atoms. The van der Waals surface area contributed by atoms with Crippen molar-refractivity contribution >= 4 is 23.7 Å². The van der Waals surface area contributed by atoms with Gasteiger partial charge in [0.05, 0.1) is 6.61 Å². The molecule has 12 heteroatoms. The molecule has 192 valence electrons. The molecule has 5 atom stereocenters. The van der Waals surface area contributed by atoms with Gasteiger partial charge in [0.15, 0.2) is 0 Å². The molecule has 0 rings (SSSR count). The maximum atomic E-state index is 13.0. The average Bonchev–Trinajstić information content (AvgIpc) is 2.79. The van der Waals surface area contributed by atoms with Crippen molar-refractivity contribution in [2.75, 3.05) is 19.7 Å². The Balaban J connectivity index is 5.46. The zero-order valence-electron chi connectivity index (χ0n) is 19.7. The normalized spacial score (nSPS) is 15.6. The number of carbonyl (C=O) groups excluding carboxylic acids is 3. The zero-order valence-corrected chi connectivity index (χ0v) is 19.7. The van der Waals surface area contributed by atoms with Crippen LogP contribution in [0, 0.1) is 5.92 Å². The Morgan fingerprint density at radius 3 is 1.79 bits per heavy atom. The van der Waals surface area contributed by atoms with Gasteiger partial charge in [-0.2, -0.15) is 0 Å². The molecule has 0 aromatic heterocycles. The number of aliphatic hydroxyl groups is 1. The summed E-state index contributed by atoms with van der Waals surface area (Å²) >= 11 is 0. The van der Waals surface area contributed by atoms with Crippen molar-refractivity contribution in [3.8, 4) is 0 Å². The molecule has 33 heavy (non-hydrogen) atoms. The number of unbranched alkanes of at least 4 members (excludes halogenated alkanes) is 2. The van der Waals surface area contributed by atoms with Crippen LogP contribution in [0.5, 0.6) is 0 Å². The van der Waals surface area contributed by atoms with Gasteiger partial charge in [0.25, 0.3) is 0 Å². The third kappa shape index (κ3) is 11.9. The lowest BCUT2D eigenvalue weighted by molar-refractivity contribution is -0.142. The number of nitrogens with one attached hydrogen (secondary N) is 3. The van der Waals surface area contributed by atoms with E-state index in [9.17, 15) is 24.3 Å². The maximum Gasteiger partial charge on any atom is 0.326 e. The van der Waals surface area contributed by atoms with Crippen LogP contribution in [0.15, 0.2) is 0 Å². The van der Waals surface area contributed by atoms with E-state index >= 15 is 0 Å². The van der Waals surface area contributed by atoms with E-state index in [-0.39, 0.29) is 18.8 Å². The molecule has 0 fully saturated rings. The third-order valence-corrected chi connectivity index (χ3v) is 5.47. The van der Waals surface area contributed by atoms with E-state index < -0.39 is 54.5 Å². The van der Waals surface area contributed by atoms with Gasteiger partial charge in [-0.25, -0.2) is 4.79 Å². The smallest absolute Gasteiger partial charge is 0.326 e. The number of aliphatic carboxylic acids is 1. The Bertz CT molecular complexity index is 620. The first kappa shape index (κ1) is 30.7. The predicted molar refractivity (Wildman–Crippen MR) is 124 cm³/mol. The summed E-state index contributed by atoms with van der Waals surface area (Å²) in [6, 6.07) is -4.27. The molecule has 0 aliphatic carbocycles. The topological polar surface area (TPSA) is 223 Å². The number of nitrogens with two attached hydrogens (primary N) is 3. The van der Waals surface area contributed by atoms with Crippen LogP contribution in [0.1, 0.15) is 58.8 Å². The Morgan fingerprint density at radius 1 is 0.818 bits per heavy atom. The van der Waals surface area contributed by atoms with Crippen molar-refractivity contribution in [1.29, 1.82) is 0 Å². The number of carboxylic acids is 1. The first-order valence-electron chi connectivity index (χ1n) is 11.5. The van der Waals surface area contributed by atoms with E-state index in [4.69, 9.17) is 22.3 Å². The second-order valence-corrected chi connectivity index (χ2v) is 8.19. The summed E-state index contributed by atoms with van der Waals surface area (Å²) in [5.41, 5.74) is 16.5. The second-order valence-electron chi connectivity index (χ2n) is 8.19. The largest absolute Gasteiger partial charge is 0.480 e. The van der Waals surface area contributed by atoms with E-state index in [1.165, 1.54) is 0 Å². The Morgan fingerprint density at radius 2 is 1.33 bits per heavy atom. The lowest BCUT2D eigenvalue weighted by Crippen LogP contribution is -2.59. The van der Waals surface area contributed by atoms with Crippen molar-refractivity contribution in [3.63, 3.8) is 0 Å². The summed E-state index contributed by atoms with van der Waals surface area (Å²) in [6.07, 6.45) is 3.34. The van der Waals surface area contributed by atoms with Gasteiger partial charge in [-0.3, -0.25) is 14.4 Å². The minimum absolute atomic E-state index is 0.215. The minimum Gasteiger partial charge on any atom is -0.480 e. The number of hydrogen-bond acceptors (Lipinski definition) is 8. The molecule has 3 amide bonds. The number of hydrogen-bond donors (Lipinski definition) is 8. The molecule has 11 N–H and O–H groups in total.